The average Bonchev–Trinajstić information content (AvgIpc) is 2.48. The molecule has 20 heavy (non-hydrogen) atoms. The van der Waals surface area contributed by atoms with Gasteiger partial charge in [0.05, 0.1) is 19.9 Å². The molecule has 1 aromatic rings. The van der Waals surface area contributed by atoms with Gasteiger partial charge in [-0.05, 0) is 24.8 Å². The zero-order chi connectivity index (χ0) is 14.4. The predicted molar refractivity (Wildman–Crippen MR) is 80.2 cm³/mol. The zero-order valence-corrected chi connectivity index (χ0v) is 12.8. The standard InChI is InChI=1S/C16H26N2O2/c1-12-6-4-5-7-13(12)10-17-11-14-16(20-3)15(19-2)8-9-18-14/h8-9,12-13,17H,4-7,10-11H2,1-3H3. The molecule has 0 radical (unpaired) electrons. The van der Waals surface area contributed by atoms with Gasteiger partial charge in [0.25, 0.3) is 0 Å². The van der Waals surface area contributed by atoms with Crippen LogP contribution in [0, 0.1) is 11.8 Å². The SMILES string of the molecule is COc1ccnc(CNCC2CCCCC2C)c1OC. The van der Waals surface area contributed by atoms with E-state index in [1.54, 1.807) is 20.4 Å². The van der Waals surface area contributed by atoms with E-state index in [0.717, 1.165) is 42.1 Å². The normalized spacial score (nSPS) is 22.6. The van der Waals surface area contributed by atoms with Gasteiger partial charge < -0.3 is 14.8 Å². The number of ether oxygens (including phenoxy) is 2. The molecule has 1 aliphatic carbocycles. The summed E-state index contributed by atoms with van der Waals surface area (Å²) in [5.74, 6) is 3.10. The minimum atomic E-state index is 0.726. The number of hydrogen-bond donors (Lipinski definition) is 1. The van der Waals surface area contributed by atoms with E-state index in [1.165, 1.54) is 25.7 Å². The van der Waals surface area contributed by atoms with Gasteiger partial charge in [-0.2, -0.15) is 0 Å². The van der Waals surface area contributed by atoms with Crippen LogP contribution in [0.2, 0.25) is 0 Å². The van der Waals surface area contributed by atoms with Crippen molar-refractivity contribution in [1.29, 1.82) is 0 Å². The highest BCUT2D eigenvalue weighted by molar-refractivity contribution is 5.42. The highest BCUT2D eigenvalue weighted by Crippen LogP contribution is 2.30. The Kier molecular flexibility index (Phi) is 5.65. The second-order valence-electron chi connectivity index (χ2n) is 5.65. The van der Waals surface area contributed by atoms with Gasteiger partial charge in [-0.25, -0.2) is 0 Å². The first-order valence-corrected chi connectivity index (χ1v) is 7.52. The molecule has 0 aliphatic heterocycles. The Morgan fingerprint density at radius 2 is 2.05 bits per heavy atom. The lowest BCUT2D eigenvalue weighted by atomic mass is 9.80. The fourth-order valence-electron chi connectivity index (χ4n) is 3.05. The molecule has 4 nitrogen and oxygen atoms in total. The molecular formula is C16H26N2O2. The topological polar surface area (TPSA) is 43.4 Å². The van der Waals surface area contributed by atoms with Crippen molar-refractivity contribution in [3.05, 3.63) is 18.0 Å². The van der Waals surface area contributed by atoms with E-state index in [-0.39, 0.29) is 0 Å². The third kappa shape index (κ3) is 3.63. The summed E-state index contributed by atoms with van der Waals surface area (Å²) < 4.78 is 10.7. The smallest absolute Gasteiger partial charge is 0.183 e. The van der Waals surface area contributed by atoms with E-state index in [2.05, 4.69) is 17.2 Å². The van der Waals surface area contributed by atoms with Crippen LogP contribution in [0.1, 0.15) is 38.3 Å². The van der Waals surface area contributed by atoms with Gasteiger partial charge in [-0.1, -0.05) is 26.2 Å². The van der Waals surface area contributed by atoms with E-state index in [9.17, 15) is 0 Å². The lowest BCUT2D eigenvalue weighted by Crippen LogP contribution is -2.29. The Bertz CT molecular complexity index is 423. The third-order valence-corrected chi connectivity index (χ3v) is 4.35. The zero-order valence-electron chi connectivity index (χ0n) is 12.8. The quantitative estimate of drug-likeness (QED) is 0.868. The van der Waals surface area contributed by atoms with Crippen molar-refractivity contribution in [2.75, 3.05) is 20.8 Å². The first-order valence-electron chi connectivity index (χ1n) is 7.52. The molecule has 1 aromatic heterocycles. The fourth-order valence-corrected chi connectivity index (χ4v) is 3.05. The molecule has 1 saturated carbocycles. The number of aromatic nitrogens is 1. The number of methoxy groups -OCH3 is 2. The van der Waals surface area contributed by atoms with Crippen LogP contribution >= 0.6 is 0 Å². The predicted octanol–water partition coefficient (Wildman–Crippen LogP) is 3.01. The van der Waals surface area contributed by atoms with Gasteiger partial charge in [-0.3, -0.25) is 4.98 Å². The van der Waals surface area contributed by atoms with Crippen molar-refractivity contribution in [3.8, 4) is 11.5 Å². The lowest BCUT2D eigenvalue weighted by Gasteiger charge is -2.28. The number of nitrogens with zero attached hydrogens (tertiary/aromatic N) is 1. The Labute approximate surface area is 121 Å². The molecule has 0 spiro atoms. The van der Waals surface area contributed by atoms with Crippen molar-refractivity contribution < 1.29 is 9.47 Å². The minimum absolute atomic E-state index is 0.726. The maximum atomic E-state index is 5.40. The van der Waals surface area contributed by atoms with Crippen molar-refractivity contribution in [3.63, 3.8) is 0 Å². The maximum absolute atomic E-state index is 5.40. The number of hydrogen-bond acceptors (Lipinski definition) is 4. The molecule has 4 heteroatoms. The van der Waals surface area contributed by atoms with Gasteiger partial charge in [0.15, 0.2) is 11.5 Å². The molecule has 0 saturated heterocycles. The van der Waals surface area contributed by atoms with E-state index in [4.69, 9.17) is 9.47 Å². The summed E-state index contributed by atoms with van der Waals surface area (Å²) >= 11 is 0. The summed E-state index contributed by atoms with van der Waals surface area (Å²) in [6, 6.07) is 1.82. The largest absolute Gasteiger partial charge is 0.493 e. The van der Waals surface area contributed by atoms with Crippen LogP contribution in [0.5, 0.6) is 11.5 Å². The Hall–Kier alpha value is -1.29. The van der Waals surface area contributed by atoms with Crippen LogP contribution in [0.25, 0.3) is 0 Å². The molecular weight excluding hydrogens is 252 g/mol. The van der Waals surface area contributed by atoms with Gasteiger partial charge >= 0.3 is 0 Å². The summed E-state index contributed by atoms with van der Waals surface area (Å²) in [5, 5.41) is 3.53. The van der Waals surface area contributed by atoms with Crippen LogP contribution in [-0.2, 0) is 6.54 Å². The number of pyridine rings is 1. The van der Waals surface area contributed by atoms with E-state index < -0.39 is 0 Å². The Morgan fingerprint density at radius 1 is 1.25 bits per heavy atom. The molecule has 1 fully saturated rings. The third-order valence-electron chi connectivity index (χ3n) is 4.35. The first-order chi connectivity index (χ1) is 9.76. The van der Waals surface area contributed by atoms with E-state index in [0.29, 0.717) is 0 Å². The fraction of sp³-hybridized carbons (Fsp3) is 0.688. The molecule has 2 rings (SSSR count). The maximum Gasteiger partial charge on any atom is 0.183 e. The summed E-state index contributed by atoms with van der Waals surface area (Å²) in [6.45, 7) is 4.16. The highest BCUT2D eigenvalue weighted by atomic mass is 16.5. The Morgan fingerprint density at radius 3 is 2.75 bits per heavy atom. The summed E-state index contributed by atoms with van der Waals surface area (Å²) in [5.41, 5.74) is 0.912. The van der Waals surface area contributed by atoms with E-state index >= 15 is 0 Å². The molecule has 1 aliphatic rings. The first kappa shape index (κ1) is 15.1. The summed E-state index contributed by atoms with van der Waals surface area (Å²) in [6.07, 6.45) is 7.24. The van der Waals surface area contributed by atoms with Crippen LogP contribution in [0.4, 0.5) is 0 Å². The molecule has 1 heterocycles. The van der Waals surface area contributed by atoms with Crippen LogP contribution in [0.3, 0.4) is 0 Å². The molecule has 2 atom stereocenters. The molecule has 112 valence electrons. The molecule has 2 unspecified atom stereocenters. The van der Waals surface area contributed by atoms with Crippen LogP contribution in [-0.4, -0.2) is 25.7 Å². The van der Waals surface area contributed by atoms with Crippen LogP contribution < -0.4 is 14.8 Å². The van der Waals surface area contributed by atoms with Crippen molar-refractivity contribution in [2.45, 2.75) is 39.2 Å². The molecule has 1 N–H and O–H groups in total. The second-order valence-corrected chi connectivity index (χ2v) is 5.65. The van der Waals surface area contributed by atoms with Crippen LogP contribution in [0.15, 0.2) is 12.3 Å². The van der Waals surface area contributed by atoms with Crippen molar-refractivity contribution in [2.24, 2.45) is 11.8 Å². The molecule has 0 amide bonds. The minimum Gasteiger partial charge on any atom is -0.493 e. The van der Waals surface area contributed by atoms with Gasteiger partial charge in [0, 0.05) is 18.8 Å². The molecule has 0 aromatic carbocycles. The van der Waals surface area contributed by atoms with Gasteiger partial charge in [-0.15, -0.1) is 0 Å². The van der Waals surface area contributed by atoms with Crippen molar-refractivity contribution >= 4 is 0 Å². The monoisotopic (exact) mass is 278 g/mol. The molecule has 0 bridgehead atoms. The average molecular weight is 278 g/mol. The number of nitrogens with one attached hydrogen (secondary N) is 1. The second kappa shape index (κ2) is 7.48. The van der Waals surface area contributed by atoms with Gasteiger partial charge in [0.1, 0.15) is 0 Å². The Balaban J connectivity index is 1.90. The van der Waals surface area contributed by atoms with Gasteiger partial charge in [0.2, 0.25) is 0 Å². The summed E-state index contributed by atoms with van der Waals surface area (Å²) in [7, 11) is 3.31. The highest BCUT2D eigenvalue weighted by Gasteiger charge is 2.21. The van der Waals surface area contributed by atoms with E-state index in [1.807, 2.05) is 6.07 Å². The van der Waals surface area contributed by atoms with Crippen molar-refractivity contribution in [1.82, 2.24) is 10.3 Å². The number of rotatable bonds is 6. The summed E-state index contributed by atoms with van der Waals surface area (Å²) in [4.78, 5) is 4.39. The lowest BCUT2D eigenvalue weighted by molar-refractivity contribution is 0.247.